The molecule has 0 spiro atoms. The van der Waals surface area contributed by atoms with Gasteiger partial charge in [0, 0.05) is 0 Å². The van der Waals surface area contributed by atoms with Crippen molar-refractivity contribution in [3.63, 3.8) is 0 Å². The Morgan fingerprint density at radius 1 is 0.750 bits per heavy atom. The van der Waals surface area contributed by atoms with E-state index in [9.17, 15) is 0 Å². The van der Waals surface area contributed by atoms with Crippen LogP contribution in [0.3, 0.4) is 0 Å². The number of nitrogens with two attached hydrogens (primary N) is 2. The lowest BCUT2D eigenvalue weighted by Crippen LogP contribution is -2.18. The van der Waals surface area contributed by atoms with Gasteiger partial charge >= 0.3 is 0 Å². The molecule has 0 bridgehead atoms. The number of hydrogen-bond donors (Lipinski definition) is 4. The number of aliphatic hydroxyl groups excluding tert-OH is 2. The van der Waals surface area contributed by atoms with E-state index < -0.39 is 12.5 Å². The van der Waals surface area contributed by atoms with Crippen molar-refractivity contribution in [1.29, 1.82) is 0 Å². The standard InChI is InChI=1S/C8H20N2O2/c9-7(11)5-3-1-2-4-6-8(10)12/h7-8,11-12H,1-6,9-10H2. The summed E-state index contributed by atoms with van der Waals surface area (Å²) >= 11 is 0. The molecule has 0 rings (SSSR count). The van der Waals surface area contributed by atoms with E-state index in [1.54, 1.807) is 0 Å². The Morgan fingerprint density at radius 2 is 1.08 bits per heavy atom. The quantitative estimate of drug-likeness (QED) is 0.321. The van der Waals surface area contributed by atoms with Crippen molar-refractivity contribution in [2.45, 2.75) is 51.0 Å². The van der Waals surface area contributed by atoms with Crippen LogP contribution in [0.25, 0.3) is 0 Å². The van der Waals surface area contributed by atoms with Crippen molar-refractivity contribution in [2.75, 3.05) is 0 Å². The largest absolute Gasteiger partial charge is 0.379 e. The monoisotopic (exact) mass is 176 g/mol. The molecule has 2 unspecified atom stereocenters. The molecule has 0 aliphatic rings. The van der Waals surface area contributed by atoms with E-state index in [0.717, 1.165) is 25.7 Å². The average Bonchev–Trinajstić information content (AvgIpc) is 1.95. The Kier molecular flexibility index (Phi) is 7.39. The van der Waals surface area contributed by atoms with Crippen molar-refractivity contribution in [3.05, 3.63) is 0 Å². The zero-order valence-corrected chi connectivity index (χ0v) is 7.45. The van der Waals surface area contributed by atoms with Gasteiger partial charge in [-0.05, 0) is 25.7 Å². The van der Waals surface area contributed by atoms with Crippen LogP contribution in [0.4, 0.5) is 0 Å². The maximum absolute atomic E-state index is 8.71. The highest BCUT2D eigenvalue weighted by molar-refractivity contribution is 4.50. The summed E-state index contributed by atoms with van der Waals surface area (Å²) in [6.45, 7) is 0. The summed E-state index contributed by atoms with van der Waals surface area (Å²) in [6.07, 6.45) is 3.94. The molecule has 0 aliphatic carbocycles. The van der Waals surface area contributed by atoms with Crippen molar-refractivity contribution in [1.82, 2.24) is 0 Å². The first-order valence-corrected chi connectivity index (χ1v) is 4.50. The molecule has 0 heterocycles. The zero-order chi connectivity index (χ0) is 9.40. The average molecular weight is 176 g/mol. The number of aliphatic hydroxyl groups is 2. The van der Waals surface area contributed by atoms with Crippen LogP contribution in [0, 0.1) is 0 Å². The molecule has 0 aromatic carbocycles. The van der Waals surface area contributed by atoms with Gasteiger partial charge in [0.05, 0.1) is 0 Å². The minimum absolute atomic E-state index is 0.658. The normalized spacial score (nSPS) is 16.0. The minimum atomic E-state index is -0.676. The Labute approximate surface area is 73.6 Å². The second kappa shape index (κ2) is 7.49. The third kappa shape index (κ3) is 9.84. The van der Waals surface area contributed by atoms with Gasteiger partial charge < -0.3 is 21.7 Å². The second-order valence-corrected chi connectivity index (χ2v) is 3.13. The molecule has 74 valence electrons. The van der Waals surface area contributed by atoms with E-state index in [2.05, 4.69) is 0 Å². The van der Waals surface area contributed by atoms with Gasteiger partial charge in [0.1, 0.15) is 12.5 Å². The summed E-state index contributed by atoms with van der Waals surface area (Å²) in [5.74, 6) is 0. The van der Waals surface area contributed by atoms with Crippen molar-refractivity contribution < 1.29 is 10.2 Å². The van der Waals surface area contributed by atoms with Crippen LogP contribution in [0.5, 0.6) is 0 Å². The molecule has 0 fully saturated rings. The Bertz CT molecular complexity index is 85.1. The molecule has 0 aromatic rings. The fourth-order valence-electron chi connectivity index (χ4n) is 1.06. The van der Waals surface area contributed by atoms with E-state index in [4.69, 9.17) is 21.7 Å². The number of hydrogen-bond acceptors (Lipinski definition) is 4. The topological polar surface area (TPSA) is 92.5 Å². The minimum Gasteiger partial charge on any atom is -0.379 e. The molecule has 0 radical (unpaired) electrons. The van der Waals surface area contributed by atoms with Gasteiger partial charge in [-0.15, -0.1) is 0 Å². The molecule has 0 aromatic heterocycles. The summed E-state index contributed by atoms with van der Waals surface area (Å²) < 4.78 is 0. The lowest BCUT2D eigenvalue weighted by atomic mass is 10.1. The highest BCUT2D eigenvalue weighted by Crippen LogP contribution is 2.06. The van der Waals surface area contributed by atoms with E-state index in [-0.39, 0.29) is 0 Å². The van der Waals surface area contributed by atoms with Crippen LogP contribution < -0.4 is 11.5 Å². The van der Waals surface area contributed by atoms with Gasteiger partial charge in [-0.2, -0.15) is 0 Å². The molecule has 2 atom stereocenters. The van der Waals surface area contributed by atoms with Gasteiger partial charge in [0.15, 0.2) is 0 Å². The predicted molar refractivity (Wildman–Crippen MR) is 48.1 cm³/mol. The molecule has 0 aliphatic heterocycles. The maximum Gasteiger partial charge on any atom is 0.102 e. The molecule has 12 heavy (non-hydrogen) atoms. The molecule has 0 saturated heterocycles. The van der Waals surface area contributed by atoms with Crippen LogP contribution in [0.15, 0.2) is 0 Å². The van der Waals surface area contributed by atoms with Crippen molar-refractivity contribution in [2.24, 2.45) is 11.5 Å². The summed E-state index contributed by atoms with van der Waals surface area (Å²) in [5.41, 5.74) is 10.3. The van der Waals surface area contributed by atoms with E-state index >= 15 is 0 Å². The smallest absolute Gasteiger partial charge is 0.102 e. The van der Waals surface area contributed by atoms with Crippen molar-refractivity contribution >= 4 is 0 Å². The first-order chi connectivity index (χ1) is 5.63. The van der Waals surface area contributed by atoms with Gasteiger partial charge in [0.25, 0.3) is 0 Å². The molecular weight excluding hydrogens is 156 g/mol. The van der Waals surface area contributed by atoms with E-state index in [1.165, 1.54) is 0 Å². The van der Waals surface area contributed by atoms with E-state index in [0.29, 0.717) is 12.8 Å². The lowest BCUT2D eigenvalue weighted by Gasteiger charge is -2.05. The maximum atomic E-state index is 8.71. The molecular formula is C8H20N2O2. The van der Waals surface area contributed by atoms with Gasteiger partial charge in [0.2, 0.25) is 0 Å². The number of rotatable bonds is 7. The first-order valence-electron chi connectivity index (χ1n) is 4.50. The third-order valence-electron chi connectivity index (χ3n) is 1.75. The van der Waals surface area contributed by atoms with Gasteiger partial charge in [-0.25, -0.2) is 0 Å². The predicted octanol–water partition coefficient (Wildman–Crippen LogP) is -0.119. The molecule has 0 saturated carbocycles. The zero-order valence-electron chi connectivity index (χ0n) is 7.45. The SMILES string of the molecule is NC(O)CCCCCCC(N)O. The second-order valence-electron chi connectivity index (χ2n) is 3.13. The molecule has 4 nitrogen and oxygen atoms in total. The third-order valence-corrected chi connectivity index (χ3v) is 1.75. The first kappa shape index (κ1) is 11.8. The van der Waals surface area contributed by atoms with Crippen LogP contribution >= 0.6 is 0 Å². The fourth-order valence-corrected chi connectivity index (χ4v) is 1.06. The fraction of sp³-hybridized carbons (Fsp3) is 1.00. The highest BCUT2D eigenvalue weighted by Gasteiger charge is 1.97. The summed E-state index contributed by atoms with van der Waals surface area (Å²) in [6, 6.07) is 0. The summed E-state index contributed by atoms with van der Waals surface area (Å²) in [4.78, 5) is 0. The van der Waals surface area contributed by atoms with E-state index in [1.807, 2.05) is 0 Å². The Morgan fingerprint density at radius 3 is 1.33 bits per heavy atom. The molecule has 0 amide bonds. The van der Waals surface area contributed by atoms with Crippen molar-refractivity contribution in [3.8, 4) is 0 Å². The molecule has 6 N–H and O–H groups in total. The van der Waals surface area contributed by atoms with Gasteiger partial charge in [-0.1, -0.05) is 12.8 Å². The summed E-state index contributed by atoms with van der Waals surface area (Å²) in [5, 5.41) is 17.4. The lowest BCUT2D eigenvalue weighted by molar-refractivity contribution is 0.162. The molecule has 4 heteroatoms. The van der Waals surface area contributed by atoms with Crippen LogP contribution in [-0.4, -0.2) is 22.7 Å². The highest BCUT2D eigenvalue weighted by atomic mass is 16.3. The van der Waals surface area contributed by atoms with Crippen LogP contribution in [0.2, 0.25) is 0 Å². The Balaban J connectivity index is 2.91. The van der Waals surface area contributed by atoms with Crippen LogP contribution in [0.1, 0.15) is 38.5 Å². The Hall–Kier alpha value is -0.160. The number of unbranched alkanes of at least 4 members (excludes halogenated alkanes) is 3. The van der Waals surface area contributed by atoms with Gasteiger partial charge in [-0.3, -0.25) is 0 Å². The van der Waals surface area contributed by atoms with Crippen LogP contribution in [-0.2, 0) is 0 Å². The summed E-state index contributed by atoms with van der Waals surface area (Å²) in [7, 11) is 0.